The van der Waals surface area contributed by atoms with Gasteiger partial charge < -0.3 is 95.5 Å². The topological polar surface area (TPSA) is 398 Å². The van der Waals surface area contributed by atoms with Crippen LogP contribution in [0.2, 0.25) is 0 Å². The second kappa shape index (κ2) is 41.0. The Bertz CT molecular complexity index is 4520. The van der Waals surface area contributed by atoms with E-state index in [1.807, 2.05) is 30.5 Å². The van der Waals surface area contributed by atoms with Crippen molar-refractivity contribution in [1.29, 1.82) is 0 Å². The fourth-order valence-electron chi connectivity index (χ4n) is 12.9. The summed E-state index contributed by atoms with van der Waals surface area (Å²) in [6.45, 7) is 11.6. The fourth-order valence-corrected chi connectivity index (χ4v) is 14.2. The maximum atomic E-state index is 14.7. The number of hydrogen-bond acceptors (Lipinski definition) is 20. The second-order valence-electron chi connectivity index (χ2n) is 27.7. The lowest BCUT2D eigenvalue weighted by Gasteiger charge is -2.25. The van der Waals surface area contributed by atoms with Gasteiger partial charge in [0.05, 0.1) is 63.2 Å². The third kappa shape index (κ3) is 23.5. The summed E-state index contributed by atoms with van der Waals surface area (Å²) in [7, 11) is 3.06. The summed E-state index contributed by atoms with van der Waals surface area (Å²) >= 11 is 8.07. The third-order valence-electron chi connectivity index (χ3n) is 19.0. The zero-order valence-corrected chi connectivity index (χ0v) is 65.0. The summed E-state index contributed by atoms with van der Waals surface area (Å²) in [5.74, 6) is -2.93. The average molecular weight is 1590 g/mol. The molecule has 3 aliphatic rings. The van der Waals surface area contributed by atoms with Gasteiger partial charge in [0.25, 0.3) is 23.6 Å². The molecule has 12 amide bonds. The Morgan fingerprint density at radius 1 is 0.679 bits per heavy atom. The van der Waals surface area contributed by atoms with E-state index in [-0.39, 0.29) is 152 Å². The van der Waals surface area contributed by atoms with E-state index in [0.29, 0.717) is 69.4 Å². The Labute approximate surface area is 656 Å². The number of aromatic nitrogens is 2. The normalized spacial score (nSPS) is 14.5. The first kappa shape index (κ1) is 83.8. The quantitative estimate of drug-likeness (QED) is 0.0102. The number of thiophene rings is 1. The SMILES string of the molecule is Cc1csc2c(OC(=O)N(C)CCN(C)C(=O)OCc3ccc(NC(=O)[C@H](CCCNC(N)=O)NC(=O)[C@@H](NC(=O)CCOCCOCCOCCOCCNC(=O)CCN4C(=O)C=CC4=O)C(C)C)cc3)cc3c(c12)[C@@H](CCl)CN3C(=O)c1cc2cc(NC(=O)c3cc4cc(OCCN5CCCC5)ccc4[nH]3)ccc2[nH]1. The number of likely N-dealkylation sites (N-methyl/N-ethyl adjacent to an activating group) is 2. The highest BCUT2D eigenvalue weighted by Gasteiger charge is 2.38. The molecule has 32 nitrogen and oxygen atoms in total. The van der Waals surface area contributed by atoms with Crippen molar-refractivity contribution >= 4 is 137 Å². The van der Waals surface area contributed by atoms with Gasteiger partial charge in [-0.05, 0) is 134 Å². The minimum absolute atomic E-state index is 0.00396. The number of ether oxygens (including phenoxy) is 7. The molecule has 4 aromatic carbocycles. The van der Waals surface area contributed by atoms with Gasteiger partial charge in [-0.15, -0.1) is 22.9 Å². The first-order valence-electron chi connectivity index (χ1n) is 37.3. The number of anilines is 3. The molecule has 3 atom stereocenters. The molecule has 0 saturated carbocycles. The molecule has 10 N–H and O–H groups in total. The van der Waals surface area contributed by atoms with Crippen LogP contribution in [0.15, 0.2) is 96.4 Å². The maximum absolute atomic E-state index is 14.7. The first-order chi connectivity index (χ1) is 54.0. The first-order valence-corrected chi connectivity index (χ1v) is 38.7. The summed E-state index contributed by atoms with van der Waals surface area (Å²) < 4.78 is 40.5. The number of likely N-dealkylation sites (tertiary alicyclic amines) is 1. The number of imide groups is 1. The second-order valence-corrected chi connectivity index (χ2v) is 28.9. The predicted octanol–water partition coefficient (Wildman–Crippen LogP) is 7.48. The van der Waals surface area contributed by atoms with Gasteiger partial charge in [-0.1, -0.05) is 26.0 Å². The average Bonchev–Trinajstić information content (AvgIpc) is 1.57. The molecule has 1 fully saturated rings. The number of hydrogen-bond donors (Lipinski definition) is 9. The van der Waals surface area contributed by atoms with E-state index in [4.69, 9.17) is 50.5 Å². The van der Waals surface area contributed by atoms with Crippen LogP contribution >= 0.6 is 22.9 Å². The van der Waals surface area contributed by atoms with Crippen LogP contribution < -0.4 is 52.0 Å². The van der Waals surface area contributed by atoms with Crippen LogP contribution in [0.5, 0.6) is 11.5 Å². The number of carbonyl (C=O) groups excluding carboxylic acids is 11. The van der Waals surface area contributed by atoms with Crippen molar-refractivity contribution in [3.63, 3.8) is 0 Å². The minimum atomic E-state index is -1.11. The van der Waals surface area contributed by atoms with Crippen LogP contribution in [0, 0.1) is 12.8 Å². The molecule has 600 valence electrons. The number of halogens is 1. The highest BCUT2D eigenvalue weighted by molar-refractivity contribution is 7.17. The van der Waals surface area contributed by atoms with Crippen molar-refractivity contribution < 1.29 is 85.9 Å². The summed E-state index contributed by atoms with van der Waals surface area (Å²) in [6, 6.07) is 19.9. The third-order valence-corrected chi connectivity index (χ3v) is 20.5. The van der Waals surface area contributed by atoms with Gasteiger partial charge in [-0.3, -0.25) is 48.2 Å². The molecule has 34 heteroatoms. The van der Waals surface area contributed by atoms with Gasteiger partial charge in [0.1, 0.15) is 42.4 Å². The Hall–Kier alpha value is -10.7. The number of carbonyl (C=O) groups is 11. The van der Waals surface area contributed by atoms with E-state index >= 15 is 0 Å². The lowest BCUT2D eigenvalue weighted by molar-refractivity contribution is -0.137. The molecule has 1 saturated heterocycles. The number of nitrogens with one attached hydrogen (secondary N) is 8. The van der Waals surface area contributed by atoms with Gasteiger partial charge in [-0.25, -0.2) is 14.4 Å². The Balaban J connectivity index is 0.634. The number of fused-ring (bicyclic) bond motifs is 5. The Morgan fingerprint density at radius 3 is 2.01 bits per heavy atom. The molecule has 0 aliphatic carbocycles. The van der Waals surface area contributed by atoms with Crippen LogP contribution in [-0.2, 0) is 59.1 Å². The highest BCUT2D eigenvalue weighted by Crippen LogP contribution is 2.49. The van der Waals surface area contributed by atoms with Crippen molar-refractivity contribution in [1.82, 2.24) is 50.8 Å². The van der Waals surface area contributed by atoms with Gasteiger partial charge in [0, 0.05) is 141 Å². The van der Waals surface area contributed by atoms with Crippen molar-refractivity contribution in [2.75, 3.05) is 154 Å². The van der Waals surface area contributed by atoms with Gasteiger partial charge in [0.15, 0.2) is 5.75 Å². The molecular formula is C78H97ClN14O18S. The number of urea groups is 1. The van der Waals surface area contributed by atoms with Crippen LogP contribution in [0.1, 0.15) is 96.0 Å². The van der Waals surface area contributed by atoms with Crippen molar-refractivity contribution in [3.05, 3.63) is 124 Å². The molecular weight excluding hydrogens is 1490 g/mol. The number of aryl methyl sites for hydroxylation is 1. The number of nitrogens with zero attached hydrogens (tertiary/aromatic N) is 5. The van der Waals surface area contributed by atoms with Gasteiger partial charge in [-0.2, -0.15) is 0 Å². The molecule has 6 heterocycles. The Morgan fingerprint density at radius 2 is 1.32 bits per heavy atom. The number of benzene rings is 4. The van der Waals surface area contributed by atoms with Gasteiger partial charge >= 0.3 is 18.2 Å². The fraction of sp³-hybridized carbons (Fsp3) is 0.449. The lowest BCUT2D eigenvalue weighted by atomic mass is 9.97. The number of amides is 12. The maximum Gasteiger partial charge on any atom is 0.415 e. The predicted molar refractivity (Wildman–Crippen MR) is 421 cm³/mol. The molecule has 10 rings (SSSR count). The molecule has 0 bridgehead atoms. The minimum Gasteiger partial charge on any atom is -0.492 e. The molecule has 0 spiro atoms. The van der Waals surface area contributed by atoms with E-state index in [9.17, 15) is 52.7 Å². The molecule has 112 heavy (non-hydrogen) atoms. The lowest BCUT2D eigenvalue weighted by Crippen LogP contribution is -2.54. The summed E-state index contributed by atoms with van der Waals surface area (Å²) in [4.78, 5) is 157. The zero-order chi connectivity index (χ0) is 79.8. The van der Waals surface area contributed by atoms with Gasteiger partial charge in [0.2, 0.25) is 23.6 Å². The largest absolute Gasteiger partial charge is 0.492 e. The van der Waals surface area contributed by atoms with Crippen LogP contribution in [0.3, 0.4) is 0 Å². The standard InChI is InChI=1S/C78H97ClN14O18S/c1-48(2)70(88-65(95)21-30-105-33-35-107-37-38-108-36-34-106-31-23-81-64(94)20-26-92-66(96)18-19-67(92)97)74(100)87-59(9-8-22-82-76(80)102)72(98)83-54-12-10-50(11-13-54)46-110-77(103)89(4)27-28-90(5)78(104)111-63-43-62-69(68-49(3)47-112-71(63)68)53(44-79)45-93(62)75(101)61-42-51-39-55(14-16-57(51)86-61)84-73(99)60-41-52-40-56(15-17-58(52)85-60)109-32-29-91-24-6-7-25-91/h10-19,39-43,47-48,53,59,70,85-86H,6-9,20-38,44-46H2,1-5H3,(H,81,94)(H,83,98)(H,84,99)(H,87,100)(H,88,95)(H3,80,82,102)/t53-,59-,70-/m0/s1. The van der Waals surface area contributed by atoms with E-state index in [1.165, 1.54) is 60.2 Å². The summed E-state index contributed by atoms with van der Waals surface area (Å²) in [5.41, 5.74) is 11.2. The number of aromatic amines is 2. The molecule has 3 aliphatic heterocycles. The molecule has 7 aromatic rings. The van der Waals surface area contributed by atoms with E-state index < -0.39 is 59.8 Å². The van der Waals surface area contributed by atoms with Crippen LogP contribution in [0.25, 0.3) is 31.9 Å². The number of alkyl halides is 1. The van der Waals surface area contributed by atoms with Crippen molar-refractivity contribution in [2.24, 2.45) is 11.7 Å². The number of nitrogens with two attached hydrogens (primary N) is 1. The van der Waals surface area contributed by atoms with Crippen LogP contribution in [0.4, 0.5) is 31.4 Å². The zero-order valence-electron chi connectivity index (χ0n) is 63.4. The molecule has 3 aromatic heterocycles. The Kier molecular flexibility index (Phi) is 30.7. The number of H-pyrrole nitrogens is 2. The molecule has 0 radical (unpaired) electrons. The smallest absolute Gasteiger partial charge is 0.415 e. The van der Waals surface area contributed by atoms with Crippen molar-refractivity contribution in [2.45, 2.75) is 83.9 Å². The van der Waals surface area contributed by atoms with E-state index in [1.54, 1.807) is 79.4 Å². The van der Waals surface area contributed by atoms with E-state index in [2.05, 4.69) is 46.8 Å². The molecule has 0 unspecified atom stereocenters. The highest BCUT2D eigenvalue weighted by atomic mass is 35.5. The number of rotatable bonds is 42. The monoisotopic (exact) mass is 1580 g/mol. The summed E-state index contributed by atoms with van der Waals surface area (Å²) in [6.07, 6.45) is 3.65. The van der Waals surface area contributed by atoms with E-state index in [0.717, 1.165) is 57.7 Å². The summed E-state index contributed by atoms with van der Waals surface area (Å²) in [5, 5.41) is 20.8. The number of primary amides is 1. The van der Waals surface area contributed by atoms with Crippen LogP contribution in [-0.4, -0.2) is 245 Å². The van der Waals surface area contributed by atoms with Crippen molar-refractivity contribution in [3.8, 4) is 11.5 Å².